The van der Waals surface area contributed by atoms with Gasteiger partial charge in [0.25, 0.3) is 5.56 Å². The highest BCUT2D eigenvalue weighted by atomic mass is 16.1. The monoisotopic (exact) mass is 275 g/mol. The van der Waals surface area contributed by atoms with Crippen LogP contribution in [0, 0.1) is 6.92 Å². The molecule has 0 aromatic carbocycles. The maximum atomic E-state index is 12.6. The number of hydrogen-bond acceptors (Lipinski definition) is 4. The summed E-state index contributed by atoms with van der Waals surface area (Å²) in [6, 6.07) is 0. The minimum Gasteiger partial charge on any atom is -0.356 e. The summed E-state index contributed by atoms with van der Waals surface area (Å²) in [6.45, 7) is 8.92. The molecule has 0 aliphatic heterocycles. The van der Waals surface area contributed by atoms with E-state index < -0.39 is 0 Å². The van der Waals surface area contributed by atoms with Crippen LogP contribution in [0.3, 0.4) is 0 Å². The zero-order valence-corrected chi connectivity index (χ0v) is 12.3. The van der Waals surface area contributed by atoms with Crippen LogP contribution in [-0.2, 0) is 13.6 Å². The fourth-order valence-corrected chi connectivity index (χ4v) is 2.22. The first-order valence-electron chi connectivity index (χ1n) is 6.89. The largest absolute Gasteiger partial charge is 0.356 e. The standard InChI is InChI=1S/C14H21N5O/c1-5-7-8-15-14-16-11-10(3)17-18(4)12(11)13(20)19(14)9-6-2/h6H,2,5,7-9H2,1,3-4H3,(H,15,16). The highest BCUT2D eigenvalue weighted by molar-refractivity contribution is 5.77. The van der Waals surface area contributed by atoms with Crippen molar-refractivity contribution < 1.29 is 0 Å². The Kier molecular flexibility index (Phi) is 4.22. The van der Waals surface area contributed by atoms with Gasteiger partial charge in [0, 0.05) is 20.1 Å². The smallest absolute Gasteiger partial charge is 0.281 e. The second-order valence-corrected chi connectivity index (χ2v) is 4.83. The SMILES string of the molecule is C=CCn1c(NCCCC)nc2c(C)nn(C)c2c1=O. The van der Waals surface area contributed by atoms with Gasteiger partial charge in [0.05, 0.1) is 5.69 Å². The molecule has 0 saturated carbocycles. The molecular weight excluding hydrogens is 254 g/mol. The average Bonchev–Trinajstić information content (AvgIpc) is 2.69. The van der Waals surface area contributed by atoms with E-state index in [1.807, 2.05) is 6.92 Å². The summed E-state index contributed by atoms with van der Waals surface area (Å²) in [7, 11) is 1.76. The van der Waals surface area contributed by atoms with E-state index in [1.165, 1.54) is 0 Å². The zero-order valence-electron chi connectivity index (χ0n) is 12.3. The molecule has 2 rings (SSSR count). The number of allylic oxidation sites excluding steroid dienone is 1. The molecule has 0 unspecified atom stereocenters. The first kappa shape index (κ1) is 14.3. The summed E-state index contributed by atoms with van der Waals surface area (Å²) in [4.78, 5) is 17.1. The zero-order chi connectivity index (χ0) is 14.7. The average molecular weight is 275 g/mol. The molecule has 20 heavy (non-hydrogen) atoms. The van der Waals surface area contributed by atoms with E-state index in [0.29, 0.717) is 23.5 Å². The second-order valence-electron chi connectivity index (χ2n) is 4.83. The molecule has 0 aliphatic carbocycles. The number of nitrogens with zero attached hydrogens (tertiary/aromatic N) is 4. The second kappa shape index (κ2) is 5.90. The van der Waals surface area contributed by atoms with Gasteiger partial charge in [0.2, 0.25) is 5.95 Å². The van der Waals surface area contributed by atoms with Gasteiger partial charge in [-0.2, -0.15) is 5.10 Å². The summed E-state index contributed by atoms with van der Waals surface area (Å²) in [5.74, 6) is 0.590. The highest BCUT2D eigenvalue weighted by Gasteiger charge is 2.15. The van der Waals surface area contributed by atoms with Gasteiger partial charge in [-0.15, -0.1) is 6.58 Å². The van der Waals surface area contributed by atoms with Crippen LogP contribution in [0.2, 0.25) is 0 Å². The van der Waals surface area contributed by atoms with Crippen LogP contribution >= 0.6 is 0 Å². The molecule has 0 fully saturated rings. The topological polar surface area (TPSA) is 64.7 Å². The molecular formula is C14H21N5O. The highest BCUT2D eigenvalue weighted by Crippen LogP contribution is 2.14. The Morgan fingerprint density at radius 3 is 2.85 bits per heavy atom. The van der Waals surface area contributed by atoms with Crippen molar-refractivity contribution in [2.45, 2.75) is 33.2 Å². The fraction of sp³-hybridized carbons (Fsp3) is 0.500. The minimum atomic E-state index is -0.0861. The van der Waals surface area contributed by atoms with Crippen LogP contribution in [0.1, 0.15) is 25.5 Å². The van der Waals surface area contributed by atoms with Gasteiger partial charge in [-0.25, -0.2) is 4.98 Å². The van der Waals surface area contributed by atoms with Gasteiger partial charge in [-0.05, 0) is 13.3 Å². The lowest BCUT2D eigenvalue weighted by atomic mass is 10.3. The summed E-state index contributed by atoms with van der Waals surface area (Å²) in [5, 5.41) is 7.51. The van der Waals surface area contributed by atoms with Crippen molar-refractivity contribution >= 4 is 17.0 Å². The van der Waals surface area contributed by atoms with Crippen LogP contribution in [0.4, 0.5) is 5.95 Å². The van der Waals surface area contributed by atoms with E-state index in [2.05, 4.69) is 28.9 Å². The van der Waals surface area contributed by atoms with Gasteiger partial charge in [0.15, 0.2) is 5.52 Å². The predicted molar refractivity (Wildman–Crippen MR) is 81.1 cm³/mol. The van der Waals surface area contributed by atoms with Crippen molar-refractivity contribution in [1.82, 2.24) is 19.3 Å². The van der Waals surface area contributed by atoms with Crippen LogP contribution < -0.4 is 10.9 Å². The molecule has 0 bridgehead atoms. The lowest BCUT2D eigenvalue weighted by molar-refractivity contribution is 0.735. The number of anilines is 1. The van der Waals surface area contributed by atoms with Gasteiger partial charge in [-0.3, -0.25) is 14.0 Å². The van der Waals surface area contributed by atoms with E-state index in [0.717, 1.165) is 25.1 Å². The van der Waals surface area contributed by atoms with Crippen molar-refractivity contribution in [2.75, 3.05) is 11.9 Å². The molecule has 0 atom stereocenters. The number of aryl methyl sites for hydroxylation is 2. The van der Waals surface area contributed by atoms with Crippen molar-refractivity contribution in [3.63, 3.8) is 0 Å². The molecule has 0 radical (unpaired) electrons. The van der Waals surface area contributed by atoms with Crippen molar-refractivity contribution in [3.8, 4) is 0 Å². The number of rotatable bonds is 6. The number of fused-ring (bicyclic) bond motifs is 1. The number of nitrogens with one attached hydrogen (secondary N) is 1. The van der Waals surface area contributed by atoms with Crippen LogP contribution in [0.5, 0.6) is 0 Å². The van der Waals surface area contributed by atoms with Crippen LogP contribution in [0.25, 0.3) is 11.0 Å². The Balaban J connectivity index is 2.59. The molecule has 0 spiro atoms. The fourth-order valence-electron chi connectivity index (χ4n) is 2.22. The quantitative estimate of drug-likeness (QED) is 0.645. The van der Waals surface area contributed by atoms with Crippen LogP contribution in [0.15, 0.2) is 17.4 Å². The van der Waals surface area contributed by atoms with E-state index >= 15 is 0 Å². The predicted octanol–water partition coefficient (Wildman–Crippen LogP) is 1.84. The summed E-state index contributed by atoms with van der Waals surface area (Å²) in [6.07, 6.45) is 3.82. The van der Waals surface area contributed by atoms with Crippen molar-refractivity contribution in [1.29, 1.82) is 0 Å². The Labute approximate surface area is 118 Å². The normalized spacial score (nSPS) is 10.9. The van der Waals surface area contributed by atoms with Gasteiger partial charge >= 0.3 is 0 Å². The number of aromatic nitrogens is 4. The molecule has 2 aromatic rings. The Morgan fingerprint density at radius 2 is 2.20 bits per heavy atom. The van der Waals surface area contributed by atoms with E-state index in [-0.39, 0.29) is 5.56 Å². The number of unbranched alkanes of at least 4 members (excludes halogenated alkanes) is 1. The third-order valence-electron chi connectivity index (χ3n) is 3.24. The van der Waals surface area contributed by atoms with Gasteiger partial charge in [-0.1, -0.05) is 19.4 Å². The molecule has 6 nitrogen and oxygen atoms in total. The molecule has 2 aromatic heterocycles. The van der Waals surface area contributed by atoms with Crippen molar-refractivity contribution in [2.24, 2.45) is 7.05 Å². The Hall–Kier alpha value is -2.11. The van der Waals surface area contributed by atoms with E-state index in [1.54, 1.807) is 22.4 Å². The molecule has 108 valence electrons. The maximum absolute atomic E-state index is 12.6. The Morgan fingerprint density at radius 1 is 1.45 bits per heavy atom. The van der Waals surface area contributed by atoms with E-state index in [9.17, 15) is 4.79 Å². The van der Waals surface area contributed by atoms with Gasteiger partial charge < -0.3 is 5.32 Å². The first-order valence-corrected chi connectivity index (χ1v) is 6.89. The summed E-state index contributed by atoms with van der Waals surface area (Å²) in [5.41, 5.74) is 1.88. The molecule has 1 N–H and O–H groups in total. The first-order chi connectivity index (χ1) is 9.60. The van der Waals surface area contributed by atoms with E-state index in [4.69, 9.17) is 0 Å². The molecule has 0 saturated heterocycles. The van der Waals surface area contributed by atoms with Crippen LogP contribution in [-0.4, -0.2) is 25.9 Å². The van der Waals surface area contributed by atoms with Crippen molar-refractivity contribution in [3.05, 3.63) is 28.7 Å². The molecule has 2 heterocycles. The Bertz CT molecular complexity index is 683. The molecule has 6 heteroatoms. The molecule has 0 amide bonds. The maximum Gasteiger partial charge on any atom is 0.281 e. The third-order valence-corrected chi connectivity index (χ3v) is 3.24. The lowest BCUT2D eigenvalue weighted by Crippen LogP contribution is -2.26. The summed E-state index contributed by atoms with van der Waals surface area (Å²) >= 11 is 0. The minimum absolute atomic E-state index is 0.0861. The lowest BCUT2D eigenvalue weighted by Gasteiger charge is -2.12. The van der Waals surface area contributed by atoms with Gasteiger partial charge in [0.1, 0.15) is 5.52 Å². The summed E-state index contributed by atoms with van der Waals surface area (Å²) < 4.78 is 3.20. The third kappa shape index (κ3) is 2.45. The molecule has 0 aliphatic rings. The number of hydrogen-bond donors (Lipinski definition) is 1.